The molecule has 0 amide bonds. The van der Waals surface area contributed by atoms with Crippen molar-refractivity contribution in [1.82, 2.24) is 0 Å². The van der Waals surface area contributed by atoms with Gasteiger partial charge in [-0.2, -0.15) is 0 Å². The van der Waals surface area contributed by atoms with Crippen LogP contribution in [-0.2, 0) is 9.84 Å². The smallest absolute Gasteiger partial charge is 0.151 e. The van der Waals surface area contributed by atoms with Crippen molar-refractivity contribution >= 4 is 27.3 Å². The number of rotatable bonds is 6. The van der Waals surface area contributed by atoms with Crippen molar-refractivity contribution in [1.29, 1.82) is 0 Å². The molecule has 0 spiro atoms. The van der Waals surface area contributed by atoms with Crippen LogP contribution in [0, 0.1) is 6.92 Å². The lowest BCUT2D eigenvalue weighted by atomic mass is 10.2. The summed E-state index contributed by atoms with van der Waals surface area (Å²) in [5, 5.41) is 0. The number of anilines is 1. The first-order chi connectivity index (χ1) is 7.96. The summed E-state index contributed by atoms with van der Waals surface area (Å²) in [7, 11) is -2.89. The van der Waals surface area contributed by atoms with Gasteiger partial charge in [-0.15, -0.1) is 11.8 Å². The maximum Gasteiger partial charge on any atom is 0.151 e. The number of hydrogen-bond acceptors (Lipinski definition) is 4. The average Bonchev–Trinajstić information content (AvgIpc) is 2.24. The van der Waals surface area contributed by atoms with Crippen molar-refractivity contribution in [2.24, 2.45) is 0 Å². The van der Waals surface area contributed by atoms with Gasteiger partial charge < -0.3 is 5.73 Å². The van der Waals surface area contributed by atoms with Gasteiger partial charge >= 0.3 is 0 Å². The van der Waals surface area contributed by atoms with Crippen LogP contribution in [0.1, 0.15) is 18.9 Å². The van der Waals surface area contributed by atoms with E-state index >= 15 is 0 Å². The SMILES string of the molecule is CCCS(=O)(=O)CCSc1cccc(C)c1N. The van der Waals surface area contributed by atoms with E-state index in [1.54, 1.807) is 0 Å². The molecule has 17 heavy (non-hydrogen) atoms. The zero-order chi connectivity index (χ0) is 12.9. The topological polar surface area (TPSA) is 60.2 Å². The number of hydrogen-bond donors (Lipinski definition) is 1. The maximum absolute atomic E-state index is 11.5. The van der Waals surface area contributed by atoms with Crippen LogP contribution in [-0.4, -0.2) is 25.7 Å². The van der Waals surface area contributed by atoms with Crippen LogP contribution >= 0.6 is 11.8 Å². The molecule has 1 rings (SSSR count). The second-order valence-corrected chi connectivity index (χ2v) is 7.43. The van der Waals surface area contributed by atoms with E-state index in [1.165, 1.54) is 11.8 Å². The Morgan fingerprint density at radius 3 is 2.65 bits per heavy atom. The molecule has 0 saturated heterocycles. The highest BCUT2D eigenvalue weighted by Crippen LogP contribution is 2.27. The average molecular weight is 273 g/mol. The highest BCUT2D eigenvalue weighted by atomic mass is 32.2. The Bertz CT molecular complexity index is 469. The van der Waals surface area contributed by atoms with Crippen molar-refractivity contribution in [3.63, 3.8) is 0 Å². The normalized spacial score (nSPS) is 11.6. The predicted octanol–water partition coefficient (Wildman–Crippen LogP) is 2.49. The molecule has 0 heterocycles. The molecule has 0 fully saturated rings. The third kappa shape index (κ3) is 4.60. The van der Waals surface area contributed by atoms with E-state index in [9.17, 15) is 8.42 Å². The highest BCUT2D eigenvalue weighted by Gasteiger charge is 2.10. The minimum Gasteiger partial charge on any atom is -0.398 e. The fraction of sp³-hybridized carbons (Fsp3) is 0.500. The van der Waals surface area contributed by atoms with Crippen LogP contribution < -0.4 is 5.73 Å². The van der Waals surface area contributed by atoms with Crippen molar-refractivity contribution < 1.29 is 8.42 Å². The Kier molecular flexibility index (Phi) is 5.33. The highest BCUT2D eigenvalue weighted by molar-refractivity contribution is 8.00. The van der Waals surface area contributed by atoms with E-state index in [4.69, 9.17) is 5.73 Å². The Balaban J connectivity index is 2.55. The van der Waals surface area contributed by atoms with Crippen molar-refractivity contribution in [2.45, 2.75) is 25.2 Å². The molecule has 5 heteroatoms. The lowest BCUT2D eigenvalue weighted by Gasteiger charge is -2.07. The fourth-order valence-electron chi connectivity index (χ4n) is 1.47. The van der Waals surface area contributed by atoms with Crippen LogP contribution in [0.15, 0.2) is 23.1 Å². The van der Waals surface area contributed by atoms with Crippen molar-refractivity contribution in [2.75, 3.05) is 23.0 Å². The van der Waals surface area contributed by atoms with Gasteiger partial charge in [0.05, 0.1) is 5.75 Å². The number of sulfone groups is 1. The van der Waals surface area contributed by atoms with Crippen molar-refractivity contribution in [3.05, 3.63) is 23.8 Å². The molecule has 2 N–H and O–H groups in total. The summed E-state index contributed by atoms with van der Waals surface area (Å²) in [4.78, 5) is 0.969. The lowest BCUT2D eigenvalue weighted by Crippen LogP contribution is -2.12. The van der Waals surface area contributed by atoms with Gasteiger partial charge in [-0.25, -0.2) is 8.42 Å². The minimum absolute atomic E-state index is 0.221. The van der Waals surface area contributed by atoms with E-state index in [0.717, 1.165) is 16.1 Å². The molecule has 0 aliphatic carbocycles. The largest absolute Gasteiger partial charge is 0.398 e. The summed E-state index contributed by atoms with van der Waals surface area (Å²) < 4.78 is 23.1. The summed E-state index contributed by atoms with van der Waals surface area (Å²) >= 11 is 1.51. The molecular weight excluding hydrogens is 254 g/mol. The van der Waals surface area contributed by atoms with E-state index in [1.807, 2.05) is 32.0 Å². The van der Waals surface area contributed by atoms with Crippen LogP contribution in [0.5, 0.6) is 0 Å². The predicted molar refractivity (Wildman–Crippen MR) is 75.3 cm³/mol. The summed E-state index contributed by atoms with van der Waals surface area (Å²) in [6, 6.07) is 5.82. The number of nitrogen functional groups attached to an aromatic ring is 1. The molecule has 1 aromatic rings. The Labute approximate surface area is 108 Å². The molecule has 96 valence electrons. The Morgan fingerprint density at radius 2 is 2.00 bits per heavy atom. The molecule has 0 radical (unpaired) electrons. The first kappa shape index (κ1) is 14.4. The number of nitrogens with two attached hydrogens (primary N) is 1. The number of thioether (sulfide) groups is 1. The molecular formula is C12H19NO2S2. The fourth-order valence-corrected chi connectivity index (χ4v) is 4.36. The van der Waals surface area contributed by atoms with Gasteiger partial charge in [0, 0.05) is 22.1 Å². The van der Waals surface area contributed by atoms with Crippen LogP contribution in [0.2, 0.25) is 0 Å². The Hall–Kier alpha value is -0.680. The van der Waals surface area contributed by atoms with Gasteiger partial charge in [-0.05, 0) is 25.0 Å². The van der Waals surface area contributed by atoms with Crippen LogP contribution in [0.3, 0.4) is 0 Å². The molecule has 1 aromatic carbocycles. The lowest BCUT2D eigenvalue weighted by molar-refractivity contribution is 0.596. The Morgan fingerprint density at radius 1 is 1.29 bits per heavy atom. The molecule has 0 unspecified atom stereocenters. The standard InChI is InChI=1S/C12H19NO2S2/c1-3-8-17(14,15)9-7-16-11-6-4-5-10(2)12(11)13/h4-6H,3,7-9,13H2,1-2H3. The van der Waals surface area contributed by atoms with Gasteiger partial charge in [0.15, 0.2) is 9.84 Å². The van der Waals surface area contributed by atoms with E-state index in [-0.39, 0.29) is 11.5 Å². The first-order valence-corrected chi connectivity index (χ1v) is 8.45. The number of benzene rings is 1. The van der Waals surface area contributed by atoms with E-state index in [2.05, 4.69) is 0 Å². The monoisotopic (exact) mass is 273 g/mol. The van der Waals surface area contributed by atoms with Gasteiger partial charge in [0.25, 0.3) is 0 Å². The number of aryl methyl sites for hydroxylation is 1. The molecule has 0 aromatic heterocycles. The second kappa shape index (κ2) is 6.31. The zero-order valence-electron chi connectivity index (χ0n) is 10.3. The minimum atomic E-state index is -2.89. The van der Waals surface area contributed by atoms with Crippen molar-refractivity contribution in [3.8, 4) is 0 Å². The molecule has 0 bridgehead atoms. The molecule has 0 aliphatic rings. The van der Waals surface area contributed by atoms with Gasteiger partial charge in [0.2, 0.25) is 0 Å². The molecule has 3 nitrogen and oxygen atoms in total. The quantitative estimate of drug-likeness (QED) is 0.639. The first-order valence-electron chi connectivity index (χ1n) is 5.64. The van der Waals surface area contributed by atoms with E-state index in [0.29, 0.717) is 12.2 Å². The molecule has 0 saturated carbocycles. The van der Waals surface area contributed by atoms with Gasteiger partial charge in [-0.3, -0.25) is 0 Å². The van der Waals surface area contributed by atoms with Gasteiger partial charge in [0.1, 0.15) is 0 Å². The van der Waals surface area contributed by atoms with Crippen LogP contribution in [0.4, 0.5) is 5.69 Å². The zero-order valence-corrected chi connectivity index (χ0v) is 11.9. The third-order valence-electron chi connectivity index (χ3n) is 2.45. The van der Waals surface area contributed by atoms with Crippen LogP contribution in [0.25, 0.3) is 0 Å². The third-order valence-corrected chi connectivity index (χ3v) is 5.64. The second-order valence-electron chi connectivity index (χ2n) is 3.99. The molecule has 0 aliphatic heterocycles. The molecule has 0 atom stereocenters. The summed E-state index contributed by atoms with van der Waals surface area (Å²) in [5.74, 6) is 1.06. The number of para-hydroxylation sites is 1. The van der Waals surface area contributed by atoms with Gasteiger partial charge in [-0.1, -0.05) is 19.1 Å². The summed E-state index contributed by atoms with van der Waals surface area (Å²) in [6.45, 7) is 3.83. The van der Waals surface area contributed by atoms with E-state index < -0.39 is 9.84 Å². The summed E-state index contributed by atoms with van der Waals surface area (Å²) in [6.07, 6.45) is 0.680. The maximum atomic E-state index is 11.5. The summed E-state index contributed by atoms with van der Waals surface area (Å²) in [5.41, 5.74) is 7.71.